The standard InChI is InChI=1S/C12H8ClF3N2O2S/c13-7-2-1-6(3-8(7)14)18-21(19,20)12-5-11(17)9(15)4-10(12)16/h1-5,18H,17H2. The number of benzene rings is 2. The van der Waals surface area contributed by atoms with E-state index in [9.17, 15) is 21.6 Å². The number of nitrogens with one attached hydrogen (secondary N) is 1. The SMILES string of the molecule is Nc1cc(S(=O)(=O)Nc2ccc(Cl)c(F)c2)c(F)cc1F. The van der Waals surface area contributed by atoms with E-state index < -0.39 is 38.1 Å². The molecule has 0 aliphatic rings. The number of anilines is 2. The van der Waals surface area contributed by atoms with E-state index in [-0.39, 0.29) is 10.7 Å². The molecule has 21 heavy (non-hydrogen) atoms. The average Bonchev–Trinajstić information content (AvgIpc) is 2.37. The normalized spacial score (nSPS) is 11.4. The monoisotopic (exact) mass is 336 g/mol. The molecule has 0 atom stereocenters. The molecule has 4 nitrogen and oxygen atoms in total. The fourth-order valence-electron chi connectivity index (χ4n) is 1.52. The molecule has 0 amide bonds. The zero-order valence-corrected chi connectivity index (χ0v) is 11.8. The molecule has 2 aromatic rings. The van der Waals surface area contributed by atoms with Gasteiger partial charge in [0.25, 0.3) is 10.0 Å². The molecule has 0 fully saturated rings. The summed E-state index contributed by atoms with van der Waals surface area (Å²) in [5.74, 6) is -3.25. The van der Waals surface area contributed by atoms with Crippen LogP contribution in [0.5, 0.6) is 0 Å². The van der Waals surface area contributed by atoms with Crippen molar-refractivity contribution < 1.29 is 21.6 Å². The Morgan fingerprint density at radius 3 is 2.29 bits per heavy atom. The van der Waals surface area contributed by atoms with Crippen LogP contribution in [0.4, 0.5) is 24.5 Å². The molecule has 0 bridgehead atoms. The first-order chi connectivity index (χ1) is 9.70. The first kappa shape index (κ1) is 15.5. The minimum Gasteiger partial charge on any atom is -0.396 e. The van der Waals surface area contributed by atoms with Crippen LogP contribution in [0.1, 0.15) is 0 Å². The fraction of sp³-hybridized carbons (Fsp3) is 0. The van der Waals surface area contributed by atoms with Crippen LogP contribution < -0.4 is 10.5 Å². The first-order valence-electron chi connectivity index (χ1n) is 5.43. The summed E-state index contributed by atoms with van der Waals surface area (Å²) in [5, 5.41) is -0.199. The van der Waals surface area contributed by atoms with Crippen molar-refractivity contribution in [1.29, 1.82) is 0 Å². The summed E-state index contributed by atoms with van der Waals surface area (Å²) in [6.07, 6.45) is 0. The molecule has 9 heteroatoms. The Morgan fingerprint density at radius 1 is 1.00 bits per heavy atom. The van der Waals surface area contributed by atoms with Gasteiger partial charge in [-0.3, -0.25) is 4.72 Å². The van der Waals surface area contributed by atoms with Crippen LogP contribution in [0.15, 0.2) is 35.2 Å². The average molecular weight is 337 g/mol. The Labute approximate surface area is 123 Å². The zero-order chi connectivity index (χ0) is 15.8. The van der Waals surface area contributed by atoms with Crippen molar-refractivity contribution in [3.8, 4) is 0 Å². The highest BCUT2D eigenvalue weighted by Gasteiger charge is 2.21. The molecule has 0 spiro atoms. The van der Waals surface area contributed by atoms with Crippen molar-refractivity contribution in [2.45, 2.75) is 4.90 Å². The summed E-state index contributed by atoms with van der Waals surface area (Å²) in [5.41, 5.74) is 4.52. The van der Waals surface area contributed by atoms with Crippen LogP contribution in [-0.2, 0) is 10.0 Å². The van der Waals surface area contributed by atoms with Crippen LogP contribution in [-0.4, -0.2) is 8.42 Å². The summed E-state index contributed by atoms with van der Waals surface area (Å²) in [4.78, 5) is -0.850. The van der Waals surface area contributed by atoms with Crippen molar-refractivity contribution in [2.75, 3.05) is 10.5 Å². The van der Waals surface area contributed by atoms with Gasteiger partial charge in [0.1, 0.15) is 22.3 Å². The summed E-state index contributed by atoms with van der Waals surface area (Å²) >= 11 is 5.46. The topological polar surface area (TPSA) is 72.2 Å². The summed E-state index contributed by atoms with van der Waals surface area (Å²) < 4.78 is 65.8. The third-order valence-electron chi connectivity index (χ3n) is 2.51. The molecular weight excluding hydrogens is 329 g/mol. The maximum absolute atomic E-state index is 13.6. The lowest BCUT2D eigenvalue weighted by Gasteiger charge is -2.10. The van der Waals surface area contributed by atoms with E-state index in [1.54, 1.807) is 0 Å². The van der Waals surface area contributed by atoms with Gasteiger partial charge in [-0.2, -0.15) is 0 Å². The van der Waals surface area contributed by atoms with Gasteiger partial charge in [0.15, 0.2) is 0 Å². The Hall–Kier alpha value is -1.93. The molecule has 2 aromatic carbocycles. The molecule has 0 radical (unpaired) electrons. The Kier molecular flexibility index (Phi) is 4.02. The molecule has 0 saturated heterocycles. The highest BCUT2D eigenvalue weighted by Crippen LogP contribution is 2.25. The number of nitrogen functional groups attached to an aromatic ring is 1. The Morgan fingerprint density at radius 2 is 1.67 bits per heavy atom. The van der Waals surface area contributed by atoms with Gasteiger partial charge in [-0.25, -0.2) is 21.6 Å². The van der Waals surface area contributed by atoms with Gasteiger partial charge >= 0.3 is 0 Å². The van der Waals surface area contributed by atoms with Gasteiger partial charge in [-0.1, -0.05) is 11.6 Å². The van der Waals surface area contributed by atoms with E-state index in [1.807, 2.05) is 4.72 Å². The van der Waals surface area contributed by atoms with Gasteiger partial charge in [0, 0.05) is 6.07 Å². The highest BCUT2D eigenvalue weighted by atomic mass is 35.5. The maximum Gasteiger partial charge on any atom is 0.264 e. The van der Waals surface area contributed by atoms with E-state index >= 15 is 0 Å². The number of hydrogen-bond acceptors (Lipinski definition) is 3. The largest absolute Gasteiger partial charge is 0.396 e. The van der Waals surface area contributed by atoms with Crippen molar-refractivity contribution in [3.63, 3.8) is 0 Å². The number of halogens is 4. The Bertz CT molecular complexity index is 812. The molecule has 0 saturated carbocycles. The number of hydrogen-bond donors (Lipinski definition) is 2. The number of nitrogens with two attached hydrogens (primary N) is 1. The predicted octanol–water partition coefficient (Wildman–Crippen LogP) is 3.14. The van der Waals surface area contributed by atoms with E-state index in [0.717, 1.165) is 12.1 Å². The molecule has 2 rings (SSSR count). The van der Waals surface area contributed by atoms with Gasteiger partial charge in [0.05, 0.1) is 16.4 Å². The number of sulfonamides is 1. The van der Waals surface area contributed by atoms with E-state index in [0.29, 0.717) is 12.1 Å². The van der Waals surface area contributed by atoms with Crippen LogP contribution in [0.2, 0.25) is 5.02 Å². The van der Waals surface area contributed by atoms with Gasteiger partial charge < -0.3 is 5.73 Å². The molecule has 0 heterocycles. The minimum absolute atomic E-state index is 0.167. The summed E-state index contributed by atoms with van der Waals surface area (Å²) in [6, 6.07) is 4.13. The van der Waals surface area contributed by atoms with E-state index in [1.165, 1.54) is 6.07 Å². The lowest BCUT2D eigenvalue weighted by molar-refractivity contribution is 0.553. The zero-order valence-electron chi connectivity index (χ0n) is 10.2. The van der Waals surface area contributed by atoms with Crippen molar-refractivity contribution in [1.82, 2.24) is 0 Å². The quantitative estimate of drug-likeness (QED) is 0.846. The number of rotatable bonds is 3. The maximum atomic E-state index is 13.6. The summed E-state index contributed by atoms with van der Waals surface area (Å²) in [6.45, 7) is 0. The molecular formula is C12H8ClF3N2O2S. The fourth-order valence-corrected chi connectivity index (χ4v) is 2.78. The molecule has 3 N–H and O–H groups in total. The molecule has 0 unspecified atom stereocenters. The van der Waals surface area contributed by atoms with Crippen molar-refractivity contribution in [2.24, 2.45) is 0 Å². The lowest BCUT2D eigenvalue weighted by Crippen LogP contribution is -2.15. The second-order valence-corrected chi connectivity index (χ2v) is 6.10. The minimum atomic E-state index is -4.39. The van der Waals surface area contributed by atoms with Crippen LogP contribution in [0.3, 0.4) is 0 Å². The first-order valence-corrected chi connectivity index (χ1v) is 7.29. The lowest BCUT2D eigenvalue weighted by atomic mass is 10.3. The third-order valence-corrected chi connectivity index (χ3v) is 4.22. The van der Waals surface area contributed by atoms with Crippen molar-refractivity contribution >= 4 is 33.0 Å². The highest BCUT2D eigenvalue weighted by molar-refractivity contribution is 7.92. The van der Waals surface area contributed by atoms with E-state index in [2.05, 4.69) is 0 Å². The summed E-state index contributed by atoms with van der Waals surface area (Å²) in [7, 11) is -4.39. The molecule has 0 aromatic heterocycles. The second-order valence-electron chi connectivity index (χ2n) is 4.04. The van der Waals surface area contributed by atoms with Crippen molar-refractivity contribution in [3.05, 3.63) is 52.8 Å². The Balaban J connectivity index is 2.43. The van der Waals surface area contributed by atoms with Crippen LogP contribution in [0, 0.1) is 17.5 Å². The van der Waals surface area contributed by atoms with Crippen LogP contribution >= 0.6 is 11.6 Å². The van der Waals surface area contributed by atoms with Gasteiger partial charge in [0.2, 0.25) is 0 Å². The van der Waals surface area contributed by atoms with Crippen LogP contribution in [0.25, 0.3) is 0 Å². The predicted molar refractivity (Wildman–Crippen MR) is 73.0 cm³/mol. The smallest absolute Gasteiger partial charge is 0.264 e. The van der Waals surface area contributed by atoms with Gasteiger partial charge in [-0.15, -0.1) is 0 Å². The van der Waals surface area contributed by atoms with Gasteiger partial charge in [-0.05, 0) is 24.3 Å². The molecule has 0 aliphatic carbocycles. The molecule has 112 valence electrons. The van der Waals surface area contributed by atoms with E-state index in [4.69, 9.17) is 17.3 Å². The molecule has 0 aliphatic heterocycles. The third kappa shape index (κ3) is 3.22. The second kappa shape index (κ2) is 5.45.